The van der Waals surface area contributed by atoms with E-state index in [4.69, 9.17) is 4.74 Å². The molecular formula is C20H22N4O3S. The van der Waals surface area contributed by atoms with Gasteiger partial charge in [0.25, 0.3) is 0 Å². The van der Waals surface area contributed by atoms with Crippen LogP contribution in [0.2, 0.25) is 0 Å². The number of carbonyl (C=O) groups is 2. The number of carbonyl (C=O) groups excluding carboxylic acids is 2. The number of Topliss-reactive ketones (excluding diaryl/α,β-unsaturated/α-hetero) is 2. The van der Waals surface area contributed by atoms with Crippen LogP contribution in [0.1, 0.15) is 46.0 Å². The van der Waals surface area contributed by atoms with Crippen molar-refractivity contribution >= 4 is 23.3 Å². The molecule has 0 saturated carbocycles. The highest BCUT2D eigenvalue weighted by atomic mass is 32.2. The third-order valence-corrected chi connectivity index (χ3v) is 5.48. The quantitative estimate of drug-likeness (QED) is 0.461. The van der Waals surface area contributed by atoms with Gasteiger partial charge in [-0.1, -0.05) is 11.8 Å². The van der Waals surface area contributed by atoms with Gasteiger partial charge in [-0.15, -0.1) is 5.10 Å². The standard InChI is InChI=1S/C20H22N4O3S/c1-10-16(12(3)25)11(2)21-17(10)18(26)13(4)28-20-22-19(23-24-20)14-6-8-15(27-5)9-7-14/h6-9,13,21H,1-5H3,(H,22,23,24)/t13-/m1/s1. The predicted octanol–water partition coefficient (Wildman–Crippen LogP) is 3.99. The van der Waals surface area contributed by atoms with Crippen LogP contribution >= 0.6 is 11.8 Å². The third-order valence-electron chi connectivity index (χ3n) is 4.52. The Labute approximate surface area is 167 Å². The van der Waals surface area contributed by atoms with Crippen molar-refractivity contribution in [1.82, 2.24) is 20.2 Å². The molecule has 0 saturated heterocycles. The molecule has 3 rings (SSSR count). The molecule has 0 aliphatic rings. The first-order valence-electron chi connectivity index (χ1n) is 8.79. The average molecular weight is 398 g/mol. The molecule has 0 spiro atoms. The lowest BCUT2D eigenvalue weighted by Gasteiger charge is -2.07. The van der Waals surface area contributed by atoms with Crippen molar-refractivity contribution < 1.29 is 14.3 Å². The zero-order valence-electron chi connectivity index (χ0n) is 16.4. The number of ketones is 2. The lowest BCUT2D eigenvalue weighted by molar-refractivity contribution is 0.0988. The minimum Gasteiger partial charge on any atom is -0.497 e. The van der Waals surface area contributed by atoms with Gasteiger partial charge in [0.1, 0.15) is 5.75 Å². The molecule has 0 radical (unpaired) electrons. The molecule has 2 heterocycles. The van der Waals surface area contributed by atoms with Crippen LogP contribution < -0.4 is 4.74 Å². The number of aromatic nitrogens is 4. The summed E-state index contributed by atoms with van der Waals surface area (Å²) >= 11 is 1.27. The summed E-state index contributed by atoms with van der Waals surface area (Å²) in [7, 11) is 1.61. The number of H-pyrrole nitrogens is 2. The summed E-state index contributed by atoms with van der Waals surface area (Å²) in [5.41, 5.74) is 3.33. The first-order valence-corrected chi connectivity index (χ1v) is 9.67. The van der Waals surface area contributed by atoms with Crippen LogP contribution in [0.4, 0.5) is 0 Å². The van der Waals surface area contributed by atoms with Crippen molar-refractivity contribution in [3.05, 3.63) is 46.8 Å². The van der Waals surface area contributed by atoms with Gasteiger partial charge in [0.2, 0.25) is 5.16 Å². The number of hydrogen-bond donors (Lipinski definition) is 2. The van der Waals surface area contributed by atoms with Crippen molar-refractivity contribution in [3.8, 4) is 17.1 Å². The smallest absolute Gasteiger partial charge is 0.209 e. The van der Waals surface area contributed by atoms with Gasteiger partial charge in [-0.05, 0) is 57.5 Å². The highest BCUT2D eigenvalue weighted by Crippen LogP contribution is 2.27. The fourth-order valence-electron chi connectivity index (χ4n) is 3.12. The van der Waals surface area contributed by atoms with Crippen LogP contribution in [-0.2, 0) is 0 Å². The van der Waals surface area contributed by atoms with Crippen LogP contribution in [-0.4, -0.2) is 44.1 Å². The van der Waals surface area contributed by atoms with Gasteiger partial charge in [-0.2, -0.15) is 0 Å². The number of aromatic amines is 2. The number of rotatable bonds is 7. The molecule has 0 aliphatic carbocycles. The van der Waals surface area contributed by atoms with Crippen LogP contribution in [0.3, 0.4) is 0 Å². The molecule has 0 unspecified atom stereocenters. The topological polar surface area (TPSA) is 101 Å². The summed E-state index contributed by atoms with van der Waals surface area (Å²) < 4.78 is 5.15. The second-order valence-electron chi connectivity index (χ2n) is 6.50. The van der Waals surface area contributed by atoms with E-state index in [2.05, 4.69) is 20.2 Å². The molecule has 0 bridgehead atoms. The third kappa shape index (κ3) is 3.87. The number of nitrogens with one attached hydrogen (secondary N) is 2. The van der Waals surface area contributed by atoms with Crippen molar-refractivity contribution in [3.63, 3.8) is 0 Å². The van der Waals surface area contributed by atoms with E-state index < -0.39 is 5.25 Å². The maximum absolute atomic E-state index is 12.9. The molecule has 7 nitrogen and oxygen atoms in total. The van der Waals surface area contributed by atoms with Gasteiger partial charge in [-0.3, -0.25) is 14.7 Å². The molecule has 146 valence electrons. The zero-order valence-corrected chi connectivity index (χ0v) is 17.2. The van der Waals surface area contributed by atoms with Gasteiger partial charge in [0.05, 0.1) is 18.1 Å². The van der Waals surface area contributed by atoms with Gasteiger partial charge in [0, 0.05) is 16.8 Å². The summed E-state index contributed by atoms with van der Waals surface area (Å²) in [6.07, 6.45) is 0. The van der Waals surface area contributed by atoms with Crippen molar-refractivity contribution in [1.29, 1.82) is 0 Å². The first kappa shape index (κ1) is 19.9. The van der Waals surface area contributed by atoms with Crippen molar-refractivity contribution in [2.45, 2.75) is 38.1 Å². The van der Waals surface area contributed by atoms with Crippen molar-refractivity contribution in [2.24, 2.45) is 0 Å². The summed E-state index contributed by atoms with van der Waals surface area (Å²) in [6.45, 7) is 6.90. The highest BCUT2D eigenvalue weighted by molar-refractivity contribution is 8.00. The number of benzene rings is 1. The lowest BCUT2D eigenvalue weighted by atomic mass is 10.0. The Hall–Kier alpha value is -2.87. The zero-order chi connectivity index (χ0) is 20.4. The molecule has 0 fully saturated rings. The largest absolute Gasteiger partial charge is 0.497 e. The Balaban J connectivity index is 1.75. The predicted molar refractivity (Wildman–Crippen MR) is 108 cm³/mol. The normalized spacial score (nSPS) is 12.0. The second kappa shape index (κ2) is 8.02. The minimum atomic E-state index is -0.406. The maximum atomic E-state index is 12.9. The lowest BCUT2D eigenvalue weighted by Crippen LogP contribution is -2.15. The molecule has 0 aliphatic heterocycles. The van der Waals surface area contributed by atoms with Crippen LogP contribution in [0.25, 0.3) is 11.4 Å². The van der Waals surface area contributed by atoms with E-state index in [0.29, 0.717) is 33.5 Å². The van der Waals surface area contributed by atoms with E-state index in [1.165, 1.54) is 18.7 Å². The van der Waals surface area contributed by atoms with Crippen molar-refractivity contribution in [2.75, 3.05) is 7.11 Å². The molecule has 28 heavy (non-hydrogen) atoms. The first-order chi connectivity index (χ1) is 13.3. The minimum absolute atomic E-state index is 0.0521. The average Bonchev–Trinajstić information content (AvgIpc) is 3.25. The Morgan fingerprint density at radius 1 is 1.18 bits per heavy atom. The summed E-state index contributed by atoms with van der Waals surface area (Å²) in [6, 6.07) is 7.47. The van der Waals surface area contributed by atoms with E-state index in [1.807, 2.05) is 24.3 Å². The fraction of sp³-hybridized carbons (Fsp3) is 0.300. The Morgan fingerprint density at radius 2 is 1.86 bits per heavy atom. The fourth-order valence-corrected chi connectivity index (χ4v) is 3.90. The molecular weight excluding hydrogens is 376 g/mol. The van der Waals surface area contributed by atoms with Gasteiger partial charge < -0.3 is 9.72 Å². The Morgan fingerprint density at radius 3 is 2.43 bits per heavy atom. The monoisotopic (exact) mass is 398 g/mol. The van der Waals surface area contributed by atoms with E-state index in [1.54, 1.807) is 27.9 Å². The van der Waals surface area contributed by atoms with Gasteiger partial charge >= 0.3 is 0 Å². The maximum Gasteiger partial charge on any atom is 0.209 e. The van der Waals surface area contributed by atoms with Crippen LogP contribution in [0, 0.1) is 13.8 Å². The number of thioether (sulfide) groups is 1. The number of ether oxygens (including phenoxy) is 1. The van der Waals surface area contributed by atoms with E-state index in [0.717, 1.165) is 11.3 Å². The van der Waals surface area contributed by atoms with Crippen LogP contribution in [0.15, 0.2) is 29.4 Å². The summed E-state index contributed by atoms with van der Waals surface area (Å²) in [4.78, 5) is 32.2. The molecule has 2 aromatic heterocycles. The SMILES string of the molecule is COc1ccc(-c2nc(S[C@H](C)C(=O)c3[nH]c(C)c(C(C)=O)c3C)n[nH]2)cc1. The van der Waals surface area contributed by atoms with Crippen LogP contribution in [0.5, 0.6) is 5.75 Å². The van der Waals surface area contributed by atoms with Gasteiger partial charge in [-0.25, -0.2) is 4.98 Å². The Kier molecular flexibility index (Phi) is 5.69. The van der Waals surface area contributed by atoms with E-state index in [9.17, 15) is 9.59 Å². The number of hydrogen-bond acceptors (Lipinski definition) is 6. The van der Waals surface area contributed by atoms with E-state index in [-0.39, 0.29) is 11.6 Å². The summed E-state index contributed by atoms with van der Waals surface area (Å²) in [5.74, 6) is 1.24. The highest BCUT2D eigenvalue weighted by Gasteiger charge is 2.25. The number of methoxy groups -OCH3 is 1. The second-order valence-corrected chi connectivity index (χ2v) is 7.81. The molecule has 2 N–H and O–H groups in total. The molecule has 3 aromatic rings. The molecule has 1 aromatic carbocycles. The molecule has 1 atom stereocenters. The summed E-state index contributed by atoms with van der Waals surface area (Å²) in [5, 5.41) is 7.18. The van der Waals surface area contributed by atoms with E-state index >= 15 is 0 Å². The number of aryl methyl sites for hydroxylation is 1. The molecule has 0 amide bonds. The Bertz CT molecular complexity index is 1020. The van der Waals surface area contributed by atoms with Gasteiger partial charge in [0.15, 0.2) is 17.4 Å². The number of nitrogens with zero attached hydrogens (tertiary/aromatic N) is 2. The molecule has 8 heteroatoms.